The molecule has 0 saturated heterocycles. The van der Waals surface area contributed by atoms with Crippen molar-refractivity contribution >= 4 is 0 Å². The van der Waals surface area contributed by atoms with E-state index in [9.17, 15) is 0 Å². The van der Waals surface area contributed by atoms with Gasteiger partial charge in [0.2, 0.25) is 0 Å². The lowest BCUT2D eigenvalue weighted by Gasteiger charge is -2.20. The molecule has 18 heavy (non-hydrogen) atoms. The number of hydrogen-bond donors (Lipinski definition) is 1. The van der Waals surface area contributed by atoms with E-state index in [4.69, 9.17) is 0 Å². The monoisotopic (exact) mass is 251 g/mol. The summed E-state index contributed by atoms with van der Waals surface area (Å²) >= 11 is 0. The molecule has 2 aliphatic carbocycles. The predicted octanol–water partition coefficient (Wildman–Crippen LogP) is 4.76. The fourth-order valence-corrected chi connectivity index (χ4v) is 3.26. The Morgan fingerprint density at radius 3 is 2.11 bits per heavy atom. The first-order valence-corrected chi connectivity index (χ1v) is 8.54. The van der Waals surface area contributed by atoms with Crippen molar-refractivity contribution in [2.75, 3.05) is 6.54 Å². The van der Waals surface area contributed by atoms with Crippen molar-refractivity contribution < 1.29 is 0 Å². The van der Waals surface area contributed by atoms with Crippen molar-refractivity contribution in [1.29, 1.82) is 0 Å². The van der Waals surface area contributed by atoms with Crippen LogP contribution in [0.1, 0.15) is 78.1 Å². The van der Waals surface area contributed by atoms with Gasteiger partial charge in [0.25, 0.3) is 0 Å². The number of hydrogen-bond acceptors (Lipinski definition) is 1. The Bertz CT molecular complexity index is 206. The van der Waals surface area contributed by atoms with Gasteiger partial charge < -0.3 is 5.32 Å². The van der Waals surface area contributed by atoms with Crippen LogP contribution in [0.2, 0.25) is 0 Å². The van der Waals surface area contributed by atoms with Crippen LogP contribution in [0.15, 0.2) is 0 Å². The molecule has 106 valence electrons. The average molecular weight is 251 g/mol. The van der Waals surface area contributed by atoms with Crippen LogP contribution in [0.5, 0.6) is 0 Å². The molecule has 2 saturated carbocycles. The summed E-state index contributed by atoms with van der Waals surface area (Å²) in [5.41, 5.74) is 0. The Kier molecular flexibility index (Phi) is 6.01. The van der Waals surface area contributed by atoms with E-state index in [0.29, 0.717) is 0 Å². The Balaban J connectivity index is 1.49. The largest absolute Gasteiger partial charge is 0.314 e. The van der Waals surface area contributed by atoms with E-state index in [0.717, 1.165) is 23.8 Å². The maximum atomic E-state index is 3.82. The second kappa shape index (κ2) is 7.53. The second-order valence-corrected chi connectivity index (χ2v) is 6.85. The molecule has 0 aromatic rings. The molecule has 1 atom stereocenters. The van der Waals surface area contributed by atoms with Crippen molar-refractivity contribution in [2.24, 2.45) is 17.8 Å². The van der Waals surface area contributed by atoms with E-state index in [1.54, 1.807) is 0 Å². The predicted molar refractivity (Wildman–Crippen MR) is 79.8 cm³/mol. The molecule has 0 aromatic carbocycles. The Morgan fingerprint density at radius 1 is 0.944 bits per heavy atom. The zero-order chi connectivity index (χ0) is 12.8. The van der Waals surface area contributed by atoms with Crippen LogP contribution >= 0.6 is 0 Å². The summed E-state index contributed by atoms with van der Waals surface area (Å²) in [6.07, 6.45) is 14.6. The van der Waals surface area contributed by atoms with Crippen LogP contribution in [0.3, 0.4) is 0 Å². The molecule has 1 heteroatoms. The van der Waals surface area contributed by atoms with E-state index in [2.05, 4.69) is 19.2 Å². The molecule has 2 aliphatic rings. The Labute approximate surface area is 114 Å². The Morgan fingerprint density at radius 2 is 1.56 bits per heavy atom. The molecule has 2 fully saturated rings. The van der Waals surface area contributed by atoms with Crippen molar-refractivity contribution in [3.63, 3.8) is 0 Å². The minimum atomic E-state index is 0.742. The minimum Gasteiger partial charge on any atom is -0.314 e. The topological polar surface area (TPSA) is 12.0 Å². The third-order valence-electron chi connectivity index (χ3n) is 4.90. The SMILES string of the molecule is CCCCCCCC(C)NCC(C1CC1)C1CC1. The third-order valence-corrected chi connectivity index (χ3v) is 4.90. The molecule has 0 heterocycles. The van der Waals surface area contributed by atoms with Gasteiger partial charge in [-0.1, -0.05) is 39.0 Å². The molecule has 2 rings (SSSR count). The molecule has 0 aliphatic heterocycles. The average Bonchev–Trinajstić information content (AvgIpc) is 3.22. The van der Waals surface area contributed by atoms with Crippen LogP contribution in [-0.2, 0) is 0 Å². The quantitative estimate of drug-likeness (QED) is 0.522. The van der Waals surface area contributed by atoms with Gasteiger partial charge in [0.05, 0.1) is 0 Å². The highest BCUT2D eigenvalue weighted by Gasteiger charge is 2.40. The first kappa shape index (κ1) is 14.4. The minimum absolute atomic E-state index is 0.742. The van der Waals surface area contributed by atoms with Crippen molar-refractivity contribution in [2.45, 2.75) is 84.1 Å². The summed E-state index contributed by atoms with van der Waals surface area (Å²) in [6.45, 7) is 5.99. The van der Waals surface area contributed by atoms with E-state index < -0.39 is 0 Å². The third kappa shape index (κ3) is 5.30. The van der Waals surface area contributed by atoms with Crippen LogP contribution in [-0.4, -0.2) is 12.6 Å². The molecular weight excluding hydrogens is 218 g/mol. The highest BCUT2D eigenvalue weighted by molar-refractivity contribution is 4.92. The van der Waals surface area contributed by atoms with Crippen LogP contribution < -0.4 is 5.32 Å². The highest BCUT2D eigenvalue weighted by atomic mass is 14.9. The fourth-order valence-electron chi connectivity index (χ4n) is 3.26. The van der Waals surface area contributed by atoms with Crippen molar-refractivity contribution in [1.82, 2.24) is 5.32 Å². The van der Waals surface area contributed by atoms with E-state index in [1.165, 1.54) is 70.8 Å². The Hall–Kier alpha value is -0.0400. The summed E-state index contributed by atoms with van der Waals surface area (Å²) in [5.74, 6) is 3.23. The van der Waals surface area contributed by atoms with Crippen LogP contribution in [0, 0.1) is 17.8 Å². The maximum absolute atomic E-state index is 3.82. The lowest BCUT2D eigenvalue weighted by molar-refractivity contribution is 0.351. The zero-order valence-electron chi connectivity index (χ0n) is 12.6. The zero-order valence-corrected chi connectivity index (χ0v) is 12.6. The molecule has 1 nitrogen and oxygen atoms in total. The fraction of sp³-hybridized carbons (Fsp3) is 1.00. The molecule has 0 amide bonds. The highest BCUT2D eigenvalue weighted by Crippen LogP contribution is 2.48. The normalized spacial score (nSPS) is 21.5. The van der Waals surface area contributed by atoms with Gasteiger partial charge in [-0.05, 0) is 63.3 Å². The number of rotatable bonds is 11. The van der Waals surface area contributed by atoms with E-state index in [1.807, 2.05) is 0 Å². The molecule has 1 N–H and O–H groups in total. The van der Waals surface area contributed by atoms with Gasteiger partial charge in [0.15, 0.2) is 0 Å². The second-order valence-electron chi connectivity index (χ2n) is 6.85. The van der Waals surface area contributed by atoms with E-state index in [-0.39, 0.29) is 0 Å². The number of nitrogens with one attached hydrogen (secondary N) is 1. The van der Waals surface area contributed by atoms with Crippen molar-refractivity contribution in [3.05, 3.63) is 0 Å². The standard InChI is InChI=1S/C17H33N/c1-3-4-5-6-7-8-14(2)18-13-17(15-9-10-15)16-11-12-16/h14-18H,3-13H2,1-2H3. The lowest BCUT2D eigenvalue weighted by Crippen LogP contribution is -2.32. The van der Waals surface area contributed by atoms with Gasteiger partial charge >= 0.3 is 0 Å². The lowest BCUT2D eigenvalue weighted by atomic mass is 9.97. The first-order valence-electron chi connectivity index (χ1n) is 8.54. The van der Waals surface area contributed by atoms with Gasteiger partial charge in [-0.25, -0.2) is 0 Å². The number of unbranched alkanes of at least 4 members (excludes halogenated alkanes) is 4. The molecule has 1 unspecified atom stereocenters. The molecule has 0 aromatic heterocycles. The van der Waals surface area contributed by atoms with Gasteiger partial charge in [-0.3, -0.25) is 0 Å². The van der Waals surface area contributed by atoms with Gasteiger partial charge in [-0.2, -0.15) is 0 Å². The van der Waals surface area contributed by atoms with Crippen molar-refractivity contribution in [3.8, 4) is 0 Å². The molecule has 0 spiro atoms. The summed E-state index contributed by atoms with van der Waals surface area (Å²) in [6, 6.07) is 0.742. The van der Waals surface area contributed by atoms with Gasteiger partial charge in [0, 0.05) is 6.04 Å². The molecule has 0 radical (unpaired) electrons. The van der Waals surface area contributed by atoms with Crippen LogP contribution in [0.25, 0.3) is 0 Å². The van der Waals surface area contributed by atoms with Gasteiger partial charge in [-0.15, -0.1) is 0 Å². The summed E-state index contributed by atoms with van der Waals surface area (Å²) < 4.78 is 0. The van der Waals surface area contributed by atoms with Crippen LogP contribution in [0.4, 0.5) is 0 Å². The smallest absolute Gasteiger partial charge is 0.00388 e. The van der Waals surface area contributed by atoms with Gasteiger partial charge in [0.1, 0.15) is 0 Å². The summed E-state index contributed by atoms with van der Waals surface area (Å²) in [4.78, 5) is 0. The molecular formula is C17H33N. The van der Waals surface area contributed by atoms with E-state index >= 15 is 0 Å². The maximum Gasteiger partial charge on any atom is 0.00388 e. The first-order chi connectivity index (χ1) is 8.81. The summed E-state index contributed by atoms with van der Waals surface area (Å²) in [5, 5.41) is 3.82. The molecule has 0 bridgehead atoms. The summed E-state index contributed by atoms with van der Waals surface area (Å²) in [7, 11) is 0.